The monoisotopic (exact) mass is 472 g/mol. The quantitative estimate of drug-likeness (QED) is 0.509. The minimum atomic E-state index is -2.57. The lowest BCUT2D eigenvalue weighted by molar-refractivity contribution is -0.139. The van der Waals surface area contributed by atoms with E-state index in [-0.39, 0.29) is 31.8 Å². The Morgan fingerprint density at radius 3 is 2.21 bits per heavy atom. The molecule has 1 aliphatic carbocycles. The summed E-state index contributed by atoms with van der Waals surface area (Å²) in [4.78, 5) is 26.0. The first kappa shape index (κ1) is 24.1. The molecule has 2 aromatic rings. The van der Waals surface area contributed by atoms with E-state index in [1.165, 1.54) is 0 Å². The van der Waals surface area contributed by atoms with Crippen LogP contribution in [0.1, 0.15) is 49.1 Å². The number of nitrogens with one attached hydrogen (secondary N) is 1. The second-order valence-corrected chi connectivity index (χ2v) is 9.05. The number of amides is 1. The molecule has 1 atom stereocenters. The van der Waals surface area contributed by atoms with E-state index >= 15 is 0 Å². The molecular weight excluding hydrogens is 442 g/mol. The van der Waals surface area contributed by atoms with E-state index in [1.54, 1.807) is 0 Å². The lowest BCUT2D eigenvalue weighted by Gasteiger charge is -2.31. The Hall–Kier alpha value is -3.00. The van der Waals surface area contributed by atoms with Crippen LogP contribution in [0.15, 0.2) is 48.5 Å². The Morgan fingerprint density at radius 1 is 1.03 bits per heavy atom. The number of carbonyl (C=O) groups is 2. The summed E-state index contributed by atoms with van der Waals surface area (Å²) in [6.45, 7) is 1.47. The van der Waals surface area contributed by atoms with Crippen LogP contribution in [-0.4, -0.2) is 60.3 Å². The summed E-state index contributed by atoms with van der Waals surface area (Å²) in [5, 5.41) is 12.0. The highest BCUT2D eigenvalue weighted by Crippen LogP contribution is 2.44. The number of fused-ring (bicyclic) bond motifs is 3. The van der Waals surface area contributed by atoms with Gasteiger partial charge in [0.2, 0.25) is 0 Å². The molecule has 4 rings (SSSR count). The van der Waals surface area contributed by atoms with Gasteiger partial charge in [0.05, 0.1) is 0 Å². The van der Waals surface area contributed by atoms with Gasteiger partial charge in [-0.25, -0.2) is 18.4 Å². The highest BCUT2D eigenvalue weighted by molar-refractivity contribution is 5.81. The maximum absolute atomic E-state index is 13.2. The topological polar surface area (TPSA) is 78.9 Å². The van der Waals surface area contributed by atoms with Crippen LogP contribution in [0, 0.1) is 0 Å². The number of benzene rings is 2. The van der Waals surface area contributed by atoms with Gasteiger partial charge in [0.15, 0.2) is 0 Å². The molecule has 182 valence electrons. The van der Waals surface area contributed by atoms with Crippen LogP contribution < -0.4 is 5.32 Å². The highest BCUT2D eigenvalue weighted by Gasteiger charge is 2.34. The number of rotatable bonds is 9. The molecule has 34 heavy (non-hydrogen) atoms. The Morgan fingerprint density at radius 2 is 1.62 bits per heavy atom. The number of ether oxygens (including phenoxy) is 1. The van der Waals surface area contributed by atoms with E-state index in [1.807, 2.05) is 53.4 Å². The minimum Gasteiger partial charge on any atom is -0.480 e. The molecular formula is C26H30F2N2O4. The first-order valence-electron chi connectivity index (χ1n) is 11.8. The van der Waals surface area contributed by atoms with Crippen LogP contribution in [0.25, 0.3) is 11.1 Å². The normalized spacial score (nSPS) is 18.1. The van der Waals surface area contributed by atoms with Crippen molar-refractivity contribution in [3.63, 3.8) is 0 Å². The molecule has 1 saturated heterocycles. The van der Waals surface area contributed by atoms with Crippen molar-refractivity contribution >= 4 is 12.1 Å². The van der Waals surface area contributed by atoms with E-state index in [4.69, 9.17) is 4.74 Å². The molecule has 0 spiro atoms. The van der Waals surface area contributed by atoms with Crippen LogP contribution in [0.2, 0.25) is 0 Å². The molecule has 1 aliphatic heterocycles. The zero-order chi connectivity index (χ0) is 24.1. The fourth-order valence-electron chi connectivity index (χ4n) is 4.83. The molecule has 2 aromatic carbocycles. The number of nitrogens with zero attached hydrogens (tertiary/aromatic N) is 1. The number of carboxylic acids is 1. The highest BCUT2D eigenvalue weighted by atomic mass is 19.3. The van der Waals surface area contributed by atoms with E-state index in [0.29, 0.717) is 32.5 Å². The summed E-state index contributed by atoms with van der Waals surface area (Å²) in [5.74, 6) is -3.79. The van der Waals surface area contributed by atoms with Crippen molar-refractivity contribution in [2.75, 3.05) is 26.2 Å². The maximum atomic E-state index is 13.2. The van der Waals surface area contributed by atoms with E-state index < -0.39 is 24.0 Å². The van der Waals surface area contributed by atoms with Crippen molar-refractivity contribution in [2.45, 2.75) is 50.0 Å². The average Bonchev–Trinajstić information content (AvgIpc) is 3.14. The third-order valence-corrected chi connectivity index (χ3v) is 6.74. The molecule has 8 heteroatoms. The number of carboxylic acid groups (broad SMARTS) is 1. The average molecular weight is 473 g/mol. The van der Waals surface area contributed by atoms with Gasteiger partial charge >= 0.3 is 12.1 Å². The molecule has 0 unspecified atom stereocenters. The lowest BCUT2D eigenvalue weighted by atomic mass is 9.98. The Kier molecular flexibility index (Phi) is 7.46. The summed E-state index contributed by atoms with van der Waals surface area (Å²) >= 11 is 0. The van der Waals surface area contributed by atoms with Gasteiger partial charge in [-0.05, 0) is 48.1 Å². The largest absolute Gasteiger partial charge is 0.480 e. The van der Waals surface area contributed by atoms with Crippen molar-refractivity contribution in [1.82, 2.24) is 10.2 Å². The second kappa shape index (κ2) is 10.5. The smallest absolute Gasteiger partial charge is 0.407 e. The summed E-state index contributed by atoms with van der Waals surface area (Å²) in [6, 6.07) is 14.9. The SMILES string of the molecule is O=C(N[C@@H](CCCCN1CCC(F)(F)CC1)C(=O)O)OCC1c2ccccc2-c2ccccc21. The number of alkyl carbamates (subject to hydrolysis) is 1. The van der Waals surface area contributed by atoms with Gasteiger partial charge in [-0.15, -0.1) is 0 Å². The van der Waals surface area contributed by atoms with Gasteiger partial charge in [-0.1, -0.05) is 48.5 Å². The van der Waals surface area contributed by atoms with Crippen LogP contribution in [-0.2, 0) is 9.53 Å². The third kappa shape index (κ3) is 5.73. The number of unbranched alkanes of at least 4 members (excludes halogenated alkanes) is 1. The Balaban J connectivity index is 1.24. The van der Waals surface area contributed by atoms with Gasteiger partial charge in [-0.2, -0.15) is 0 Å². The summed E-state index contributed by atoms with van der Waals surface area (Å²) < 4.78 is 31.9. The lowest BCUT2D eigenvalue weighted by Crippen LogP contribution is -2.42. The third-order valence-electron chi connectivity index (χ3n) is 6.74. The Bertz CT molecular complexity index is 974. The number of alkyl halides is 2. The van der Waals surface area contributed by atoms with Crippen molar-refractivity contribution in [2.24, 2.45) is 0 Å². The summed E-state index contributed by atoms with van der Waals surface area (Å²) in [6.07, 6.45) is 0.480. The Labute approximate surface area is 197 Å². The van der Waals surface area contributed by atoms with Gasteiger partial charge in [0.1, 0.15) is 12.6 Å². The van der Waals surface area contributed by atoms with Gasteiger partial charge in [0.25, 0.3) is 5.92 Å². The molecule has 1 heterocycles. The van der Waals surface area contributed by atoms with Crippen LogP contribution in [0.4, 0.5) is 13.6 Å². The molecule has 2 N–H and O–H groups in total. The number of hydrogen-bond acceptors (Lipinski definition) is 4. The van der Waals surface area contributed by atoms with E-state index in [9.17, 15) is 23.5 Å². The van der Waals surface area contributed by atoms with Gasteiger partial charge in [-0.3, -0.25) is 0 Å². The first-order chi connectivity index (χ1) is 16.3. The molecule has 0 radical (unpaired) electrons. The van der Waals surface area contributed by atoms with Gasteiger partial charge in [0, 0.05) is 31.8 Å². The van der Waals surface area contributed by atoms with E-state index in [2.05, 4.69) is 5.32 Å². The minimum absolute atomic E-state index is 0.0988. The first-order valence-corrected chi connectivity index (χ1v) is 11.8. The molecule has 0 bridgehead atoms. The zero-order valence-electron chi connectivity index (χ0n) is 19.0. The standard InChI is InChI=1S/C26H30F2N2O4/c27-26(28)12-15-30(16-13-26)14-6-5-11-23(24(31)32)29-25(33)34-17-22-20-9-3-1-7-18(20)19-8-2-4-10-21(19)22/h1-4,7-10,22-23H,5-6,11-17H2,(H,29,33)(H,31,32)/t23-/m0/s1. The number of halogens is 2. The molecule has 6 nitrogen and oxygen atoms in total. The van der Waals surface area contributed by atoms with Crippen molar-refractivity contribution in [3.05, 3.63) is 59.7 Å². The van der Waals surface area contributed by atoms with Crippen LogP contribution >= 0.6 is 0 Å². The number of hydrogen-bond donors (Lipinski definition) is 2. The van der Waals surface area contributed by atoms with Crippen LogP contribution in [0.3, 0.4) is 0 Å². The predicted octanol–water partition coefficient (Wildman–Crippen LogP) is 4.88. The fraction of sp³-hybridized carbons (Fsp3) is 0.462. The number of aliphatic carboxylic acids is 1. The molecule has 2 aliphatic rings. The maximum Gasteiger partial charge on any atom is 0.407 e. The molecule has 0 aromatic heterocycles. The molecule has 1 fully saturated rings. The second-order valence-electron chi connectivity index (χ2n) is 9.05. The predicted molar refractivity (Wildman–Crippen MR) is 124 cm³/mol. The number of likely N-dealkylation sites (tertiary alicyclic amines) is 1. The molecule has 1 amide bonds. The van der Waals surface area contributed by atoms with Crippen LogP contribution in [0.5, 0.6) is 0 Å². The summed E-state index contributed by atoms with van der Waals surface area (Å²) in [7, 11) is 0. The van der Waals surface area contributed by atoms with Gasteiger partial charge < -0.3 is 20.1 Å². The fourth-order valence-corrected chi connectivity index (χ4v) is 4.83. The number of piperidine rings is 1. The zero-order valence-corrected chi connectivity index (χ0v) is 19.0. The van der Waals surface area contributed by atoms with Crippen molar-refractivity contribution in [1.29, 1.82) is 0 Å². The van der Waals surface area contributed by atoms with E-state index in [0.717, 1.165) is 22.3 Å². The summed E-state index contributed by atoms with van der Waals surface area (Å²) in [5.41, 5.74) is 4.41. The molecule has 0 saturated carbocycles. The van der Waals surface area contributed by atoms with Crippen molar-refractivity contribution in [3.8, 4) is 11.1 Å². The number of carbonyl (C=O) groups excluding carboxylic acids is 1. The van der Waals surface area contributed by atoms with Crippen molar-refractivity contribution < 1.29 is 28.2 Å².